The maximum absolute atomic E-state index is 13.6. The van der Waals surface area contributed by atoms with Gasteiger partial charge < -0.3 is 19.9 Å². The van der Waals surface area contributed by atoms with Crippen LogP contribution in [0.5, 0.6) is 0 Å². The lowest BCUT2D eigenvalue weighted by molar-refractivity contribution is -0.187. The third-order valence-electron chi connectivity index (χ3n) is 7.24. The Hall–Kier alpha value is -3.90. The van der Waals surface area contributed by atoms with Crippen molar-refractivity contribution in [1.29, 1.82) is 0 Å². The first kappa shape index (κ1) is 28.1. The summed E-state index contributed by atoms with van der Waals surface area (Å²) in [6, 6.07) is 2.09. The molecule has 1 heterocycles. The van der Waals surface area contributed by atoms with Crippen LogP contribution in [-0.2, 0) is 20.9 Å². The molecular weight excluding hydrogens is 524 g/mol. The fourth-order valence-electron chi connectivity index (χ4n) is 5.00. The zero-order valence-corrected chi connectivity index (χ0v) is 21.5. The van der Waals surface area contributed by atoms with E-state index < -0.39 is 60.7 Å². The van der Waals surface area contributed by atoms with E-state index in [1.54, 1.807) is 6.08 Å². The number of hydrogen-bond acceptors (Lipinski definition) is 5. The second-order valence-corrected chi connectivity index (χ2v) is 10.1. The largest absolute Gasteiger partial charge is 0.436 e. The minimum atomic E-state index is -4.74. The Labute approximate surface area is 222 Å². The van der Waals surface area contributed by atoms with Gasteiger partial charge in [0.25, 0.3) is 0 Å². The molecule has 4 amide bonds. The SMILES string of the molecule is C[C@H](N(Cc1ccc(F)cc1)C(=O)CN1C[C@]2(CCC3C(=O)C(NC(=O)N(C)C)=CC=C32)OC1=O)C(F)(F)F. The number of rotatable bonds is 6. The van der Waals surface area contributed by atoms with Gasteiger partial charge in [0.2, 0.25) is 5.91 Å². The Kier molecular flexibility index (Phi) is 7.46. The molecule has 1 N–H and O–H groups in total. The number of benzene rings is 1. The molecule has 3 atom stereocenters. The van der Waals surface area contributed by atoms with Crippen LogP contribution < -0.4 is 5.32 Å². The fourth-order valence-corrected chi connectivity index (χ4v) is 5.00. The normalized spacial score (nSPS) is 23.2. The summed E-state index contributed by atoms with van der Waals surface area (Å²) >= 11 is 0. The third kappa shape index (κ3) is 5.62. The van der Waals surface area contributed by atoms with Crippen LogP contribution in [0.25, 0.3) is 0 Å². The van der Waals surface area contributed by atoms with E-state index in [4.69, 9.17) is 4.74 Å². The van der Waals surface area contributed by atoms with Gasteiger partial charge in [-0.15, -0.1) is 0 Å². The van der Waals surface area contributed by atoms with Crippen molar-refractivity contribution >= 4 is 23.8 Å². The van der Waals surface area contributed by atoms with Crippen molar-refractivity contribution in [2.24, 2.45) is 5.92 Å². The number of allylic oxidation sites excluding steroid dienone is 3. The summed E-state index contributed by atoms with van der Waals surface area (Å²) in [6.45, 7) is -0.398. The van der Waals surface area contributed by atoms with Crippen LogP contribution in [0.1, 0.15) is 25.3 Å². The number of ketones is 1. The van der Waals surface area contributed by atoms with E-state index in [0.717, 1.165) is 24.0 Å². The lowest BCUT2D eigenvalue weighted by Gasteiger charge is -2.32. The predicted molar refractivity (Wildman–Crippen MR) is 129 cm³/mol. The number of ether oxygens (including phenoxy) is 1. The average molecular weight is 553 g/mol. The molecule has 1 saturated carbocycles. The van der Waals surface area contributed by atoms with E-state index in [-0.39, 0.29) is 30.0 Å². The highest BCUT2D eigenvalue weighted by Crippen LogP contribution is 2.48. The van der Waals surface area contributed by atoms with Crippen LogP contribution in [0, 0.1) is 11.7 Å². The van der Waals surface area contributed by atoms with E-state index in [2.05, 4.69) is 5.32 Å². The van der Waals surface area contributed by atoms with Crippen LogP contribution >= 0.6 is 0 Å². The molecule has 13 heteroatoms. The van der Waals surface area contributed by atoms with Crippen molar-refractivity contribution in [3.63, 3.8) is 0 Å². The van der Waals surface area contributed by atoms with Crippen molar-refractivity contribution < 1.29 is 41.5 Å². The summed E-state index contributed by atoms with van der Waals surface area (Å²) in [6.07, 6.45) is -1.98. The fraction of sp³-hybridized carbons (Fsp3) is 0.462. The second kappa shape index (κ2) is 10.3. The number of amides is 4. The van der Waals surface area contributed by atoms with Crippen molar-refractivity contribution in [2.75, 3.05) is 27.2 Å². The predicted octanol–water partition coefficient (Wildman–Crippen LogP) is 3.37. The Balaban J connectivity index is 1.52. The summed E-state index contributed by atoms with van der Waals surface area (Å²) < 4.78 is 59.7. The zero-order chi connectivity index (χ0) is 28.7. The molecule has 39 heavy (non-hydrogen) atoms. The van der Waals surface area contributed by atoms with Crippen molar-refractivity contribution in [3.8, 4) is 0 Å². The number of Topliss-reactive ketones (excluding diaryl/α,β-unsaturated/α-hetero) is 1. The van der Waals surface area contributed by atoms with E-state index >= 15 is 0 Å². The van der Waals surface area contributed by atoms with Gasteiger partial charge >= 0.3 is 18.3 Å². The van der Waals surface area contributed by atoms with Crippen LogP contribution in [0.15, 0.2) is 47.7 Å². The number of halogens is 4. The summed E-state index contributed by atoms with van der Waals surface area (Å²) in [5, 5.41) is 2.53. The van der Waals surface area contributed by atoms with Crippen LogP contribution in [0.3, 0.4) is 0 Å². The second-order valence-electron chi connectivity index (χ2n) is 10.1. The average Bonchev–Trinajstić information content (AvgIpc) is 3.38. The third-order valence-corrected chi connectivity index (χ3v) is 7.24. The molecule has 3 aliphatic rings. The van der Waals surface area contributed by atoms with Gasteiger partial charge in [-0.1, -0.05) is 18.2 Å². The molecule has 2 aliphatic carbocycles. The van der Waals surface area contributed by atoms with E-state index in [1.165, 1.54) is 37.2 Å². The monoisotopic (exact) mass is 552 g/mol. The van der Waals surface area contributed by atoms with Crippen molar-refractivity contribution in [2.45, 2.75) is 44.1 Å². The molecule has 210 valence electrons. The Morgan fingerprint density at radius 3 is 2.46 bits per heavy atom. The summed E-state index contributed by atoms with van der Waals surface area (Å²) in [5.74, 6) is -2.52. The molecule has 1 saturated heterocycles. The number of nitrogens with one attached hydrogen (secondary N) is 1. The molecule has 1 aromatic carbocycles. The van der Waals surface area contributed by atoms with Gasteiger partial charge in [-0.05, 0) is 49.1 Å². The number of urea groups is 1. The number of hydrogen-bond donors (Lipinski definition) is 1. The number of carbonyl (C=O) groups is 4. The number of alkyl halides is 3. The molecule has 1 unspecified atom stereocenters. The van der Waals surface area contributed by atoms with Gasteiger partial charge in [-0.2, -0.15) is 13.2 Å². The van der Waals surface area contributed by atoms with Crippen LogP contribution in [0.4, 0.5) is 27.2 Å². The molecule has 0 aromatic heterocycles. The van der Waals surface area contributed by atoms with Crippen molar-refractivity contribution in [3.05, 3.63) is 59.1 Å². The molecule has 2 fully saturated rings. The number of nitrogens with zero attached hydrogens (tertiary/aromatic N) is 3. The van der Waals surface area contributed by atoms with Gasteiger partial charge in [-0.25, -0.2) is 14.0 Å². The van der Waals surface area contributed by atoms with Crippen molar-refractivity contribution in [1.82, 2.24) is 20.0 Å². The topological polar surface area (TPSA) is 99.3 Å². The van der Waals surface area contributed by atoms with Crippen LogP contribution in [0.2, 0.25) is 0 Å². The number of fused-ring (bicyclic) bond motifs is 2. The Morgan fingerprint density at radius 2 is 1.85 bits per heavy atom. The van der Waals surface area contributed by atoms with Gasteiger partial charge in [0.15, 0.2) is 11.4 Å². The standard InChI is InChI=1S/C26H28F4N4O5/c1-15(26(28,29)30)34(12-16-4-6-17(27)7-5-16)21(35)13-33-14-25(39-24(33)38)11-10-18-19(25)8-9-20(22(18)36)31-23(37)32(2)3/h4-9,15,18H,10-14H2,1-3H3,(H,31,37)/t15-,18?,25-/m0/s1. The van der Waals surface area contributed by atoms with Gasteiger partial charge in [0, 0.05) is 26.6 Å². The van der Waals surface area contributed by atoms with E-state index in [0.29, 0.717) is 16.9 Å². The van der Waals surface area contributed by atoms with Gasteiger partial charge in [0.05, 0.1) is 12.2 Å². The smallest absolute Gasteiger partial charge is 0.411 e. The molecule has 4 rings (SSSR count). The van der Waals surface area contributed by atoms with E-state index in [9.17, 15) is 36.7 Å². The Bertz CT molecular complexity index is 1240. The zero-order valence-electron chi connectivity index (χ0n) is 21.5. The highest BCUT2D eigenvalue weighted by molar-refractivity contribution is 6.03. The van der Waals surface area contributed by atoms with Gasteiger partial charge in [0.1, 0.15) is 18.4 Å². The maximum atomic E-state index is 13.6. The first-order chi connectivity index (χ1) is 18.2. The molecule has 1 aromatic rings. The molecule has 0 bridgehead atoms. The summed E-state index contributed by atoms with van der Waals surface area (Å²) in [5.41, 5.74) is -0.295. The van der Waals surface area contributed by atoms with Gasteiger partial charge in [-0.3, -0.25) is 14.5 Å². The minimum Gasteiger partial charge on any atom is -0.436 e. The summed E-state index contributed by atoms with van der Waals surface area (Å²) in [4.78, 5) is 53.8. The summed E-state index contributed by atoms with van der Waals surface area (Å²) in [7, 11) is 3.05. The minimum absolute atomic E-state index is 0.105. The molecule has 1 spiro atoms. The molecule has 9 nitrogen and oxygen atoms in total. The number of carbonyl (C=O) groups excluding carboxylic acids is 4. The van der Waals surface area contributed by atoms with Crippen LogP contribution in [-0.4, -0.2) is 83.5 Å². The van der Waals surface area contributed by atoms with E-state index in [1.807, 2.05) is 0 Å². The Morgan fingerprint density at radius 1 is 1.18 bits per heavy atom. The maximum Gasteiger partial charge on any atom is 0.411 e. The molecule has 1 aliphatic heterocycles. The molecule has 0 radical (unpaired) electrons. The molecular formula is C26H28F4N4O5. The lowest BCUT2D eigenvalue weighted by Crippen LogP contribution is -2.50. The highest BCUT2D eigenvalue weighted by Gasteiger charge is 2.56. The lowest BCUT2D eigenvalue weighted by atomic mass is 9.85. The highest BCUT2D eigenvalue weighted by atomic mass is 19.4. The quantitative estimate of drug-likeness (QED) is 0.546. The first-order valence-corrected chi connectivity index (χ1v) is 12.3. The first-order valence-electron chi connectivity index (χ1n) is 12.3.